The Morgan fingerprint density at radius 2 is 0.620 bits per heavy atom. The maximum absolute atomic E-state index is 15.1. The van der Waals surface area contributed by atoms with Gasteiger partial charge in [0.2, 0.25) is 0 Å². The van der Waals surface area contributed by atoms with E-state index in [-0.39, 0.29) is 103 Å². The van der Waals surface area contributed by atoms with Crippen molar-refractivity contribution in [2.24, 2.45) is 47.3 Å². The molecular weight excluding hydrogens is 752 g/mol. The third-order valence-corrected chi connectivity index (χ3v) is 19.1. The van der Waals surface area contributed by atoms with Gasteiger partial charge < -0.3 is 0 Å². The first-order valence-electron chi connectivity index (χ1n) is 19.0. The fourth-order valence-corrected chi connectivity index (χ4v) is 16.8. The molecule has 50 heavy (non-hydrogen) atoms. The SMILES string of the molecule is FSC1CCCC2C3NC4NC(NC5NC(NC6NC(NC(N3)C12)C1C(SF)C(SF)C(SF)C(SF)C61)C1CCCCC51)C1CCCCC41. The predicted molar refractivity (Wildman–Crippen MR) is 197 cm³/mol. The summed E-state index contributed by atoms with van der Waals surface area (Å²) in [6.45, 7) is 0. The van der Waals surface area contributed by atoms with Crippen molar-refractivity contribution in [1.82, 2.24) is 42.5 Å². The van der Waals surface area contributed by atoms with Crippen LogP contribution in [0.4, 0.5) is 19.4 Å². The number of fused-ring (bicyclic) bond motifs is 20. The highest BCUT2D eigenvalue weighted by molar-refractivity contribution is 8.02. The van der Waals surface area contributed by atoms with Crippen LogP contribution >= 0.6 is 60.7 Å². The molecule has 4 saturated carbocycles. The average molecular weight is 803 g/mol. The summed E-state index contributed by atoms with van der Waals surface area (Å²) in [5, 5.41) is 27.1. The van der Waals surface area contributed by atoms with Crippen molar-refractivity contribution in [1.29, 1.82) is 0 Å². The Morgan fingerprint density at radius 3 is 1.00 bits per heavy atom. The molecule has 0 amide bonds. The average Bonchev–Trinajstić information content (AvgIpc) is 3.89. The minimum absolute atomic E-state index is 0.0377. The van der Waals surface area contributed by atoms with Crippen LogP contribution in [0.3, 0.4) is 0 Å². The fourth-order valence-electron chi connectivity index (χ4n) is 12.5. The minimum atomic E-state index is -1.07. The third kappa shape index (κ3) is 6.22. The zero-order chi connectivity index (χ0) is 34.1. The van der Waals surface area contributed by atoms with Gasteiger partial charge in [0.1, 0.15) is 0 Å². The Morgan fingerprint density at radius 1 is 0.300 bits per heavy atom. The van der Waals surface area contributed by atoms with Crippen LogP contribution in [0.15, 0.2) is 0 Å². The van der Waals surface area contributed by atoms with Crippen LogP contribution in [0.5, 0.6) is 0 Å². The van der Waals surface area contributed by atoms with Crippen molar-refractivity contribution in [3.8, 4) is 0 Å². The summed E-state index contributed by atoms with van der Waals surface area (Å²) < 4.78 is 74.3. The second-order valence-corrected chi connectivity index (χ2v) is 20.2. The molecule has 9 fully saturated rings. The van der Waals surface area contributed by atoms with E-state index >= 15 is 7.77 Å². The van der Waals surface area contributed by atoms with Gasteiger partial charge in [-0.2, -0.15) is 19.4 Å². The van der Waals surface area contributed by atoms with Gasteiger partial charge in [0.25, 0.3) is 0 Å². The molecule has 0 aromatic heterocycles. The molecule has 8 nitrogen and oxygen atoms in total. The molecule has 4 aliphatic carbocycles. The molecule has 5 heterocycles. The van der Waals surface area contributed by atoms with Gasteiger partial charge in [0.05, 0.1) is 94.6 Å². The minimum Gasteiger partial charge on any atom is -0.286 e. The van der Waals surface area contributed by atoms with E-state index in [1.54, 1.807) is 0 Å². The molecule has 9 rings (SSSR count). The lowest BCUT2D eigenvalue weighted by atomic mass is 9.75. The molecule has 21 unspecified atom stereocenters. The van der Waals surface area contributed by atoms with Gasteiger partial charge in [-0.25, -0.2) is 0 Å². The lowest BCUT2D eigenvalue weighted by Gasteiger charge is -2.46. The van der Waals surface area contributed by atoms with Gasteiger partial charge >= 0.3 is 0 Å². The standard InChI is InChI=1S/C32H51F5N8S5/c33-46-17-11-5-10-16-18(17)30-43-29(16)41-27-13-7-2-1-6-12(13)25(39-27)38-26-14-8-3-4-9-15(14)28(40-26)42-31-19-20(32(44-30)45-31)22(48-35)24(50-37)23(49-36)21(19)47-34/h12-32,38-45H,1-11H2. The van der Waals surface area contributed by atoms with Gasteiger partial charge in [0, 0.05) is 59.4 Å². The van der Waals surface area contributed by atoms with Gasteiger partial charge in [-0.05, 0) is 68.1 Å². The molecule has 5 saturated heterocycles. The van der Waals surface area contributed by atoms with Gasteiger partial charge in [-0.1, -0.05) is 32.1 Å². The van der Waals surface area contributed by atoms with Crippen LogP contribution in [0.25, 0.3) is 0 Å². The van der Waals surface area contributed by atoms with Crippen LogP contribution < -0.4 is 42.5 Å². The van der Waals surface area contributed by atoms with Crippen LogP contribution in [0.2, 0.25) is 0 Å². The summed E-state index contributed by atoms with van der Waals surface area (Å²) in [7, 11) is 0. The molecule has 284 valence electrons. The first kappa shape index (κ1) is 36.7. The second-order valence-electron chi connectivity index (χ2n) is 16.5. The molecule has 0 spiro atoms. The molecule has 9 aliphatic rings. The van der Waals surface area contributed by atoms with E-state index in [9.17, 15) is 11.7 Å². The highest BCUT2D eigenvalue weighted by atomic mass is 32.2. The topological polar surface area (TPSA) is 96.2 Å². The monoisotopic (exact) mass is 802 g/mol. The molecule has 0 aromatic rings. The molecule has 5 aliphatic heterocycles. The number of rotatable bonds is 5. The number of halogens is 5. The van der Waals surface area contributed by atoms with Gasteiger partial charge in [-0.15, -0.1) is 0 Å². The quantitative estimate of drug-likeness (QED) is 0.167. The summed E-state index contributed by atoms with van der Waals surface area (Å²) in [6, 6.07) is 0. The molecule has 21 atom stereocenters. The highest BCUT2D eigenvalue weighted by Crippen LogP contribution is 2.56. The summed E-state index contributed by atoms with van der Waals surface area (Å²) in [4.78, 5) is 0. The number of hydrogen-bond donors (Lipinski definition) is 8. The maximum Gasteiger partial charge on any atom is 0.0667 e. The zero-order valence-corrected chi connectivity index (χ0v) is 31.9. The molecule has 0 aromatic carbocycles. The van der Waals surface area contributed by atoms with Crippen molar-refractivity contribution < 1.29 is 19.4 Å². The first-order valence-corrected chi connectivity index (χ1v) is 22.9. The molecular formula is C32H51F5N8S5. The first-order chi connectivity index (χ1) is 24.6. The van der Waals surface area contributed by atoms with Crippen molar-refractivity contribution in [2.75, 3.05) is 0 Å². The Hall–Kier alpha value is 1.08. The second kappa shape index (κ2) is 15.5. The summed E-state index contributed by atoms with van der Waals surface area (Å²) in [5.41, 5.74) is 0. The number of nitrogens with one attached hydrogen (secondary N) is 8. The summed E-state index contributed by atoms with van der Waals surface area (Å²) in [5.74, 6) is 0.835. The summed E-state index contributed by atoms with van der Waals surface area (Å²) in [6.07, 6.45) is 10.9. The van der Waals surface area contributed by atoms with E-state index in [4.69, 9.17) is 0 Å². The van der Waals surface area contributed by atoms with Crippen LogP contribution in [-0.4, -0.2) is 75.6 Å². The largest absolute Gasteiger partial charge is 0.286 e. The summed E-state index contributed by atoms with van der Waals surface area (Å²) >= 11 is 0.478. The predicted octanol–water partition coefficient (Wildman–Crippen LogP) is 5.59. The van der Waals surface area contributed by atoms with E-state index in [0.717, 1.165) is 38.5 Å². The van der Waals surface area contributed by atoms with Crippen molar-refractivity contribution >= 4 is 60.7 Å². The third-order valence-electron chi connectivity index (χ3n) is 14.6. The van der Waals surface area contributed by atoms with Crippen LogP contribution in [0.1, 0.15) is 70.6 Å². The van der Waals surface area contributed by atoms with Gasteiger partial charge in [0.15, 0.2) is 0 Å². The van der Waals surface area contributed by atoms with Gasteiger partial charge in [-0.3, -0.25) is 42.5 Å². The number of hydrogen-bond acceptors (Lipinski definition) is 13. The van der Waals surface area contributed by atoms with E-state index in [0.29, 0.717) is 35.8 Å². The smallest absolute Gasteiger partial charge is 0.0667 e. The Labute approximate surface area is 314 Å². The van der Waals surface area contributed by atoms with E-state index in [2.05, 4.69) is 42.5 Å². The normalized spacial score (nSPS) is 56.0. The maximum atomic E-state index is 15.1. The van der Waals surface area contributed by atoms with E-state index in [1.807, 2.05) is 0 Å². The fraction of sp³-hybridized carbons (Fsp3) is 1.00. The van der Waals surface area contributed by atoms with Crippen LogP contribution in [0, 0.1) is 47.3 Å². The zero-order valence-electron chi connectivity index (χ0n) is 27.8. The highest BCUT2D eigenvalue weighted by Gasteiger charge is 2.63. The van der Waals surface area contributed by atoms with E-state index < -0.39 is 45.2 Å². The Kier molecular flexibility index (Phi) is 11.4. The van der Waals surface area contributed by atoms with Crippen molar-refractivity contribution in [3.63, 3.8) is 0 Å². The van der Waals surface area contributed by atoms with Crippen molar-refractivity contribution in [3.05, 3.63) is 0 Å². The molecule has 0 radical (unpaired) electrons. The Bertz CT molecular complexity index is 1200. The lowest BCUT2D eigenvalue weighted by molar-refractivity contribution is 0.172. The van der Waals surface area contributed by atoms with Crippen molar-refractivity contribution in [2.45, 2.75) is 146 Å². The lowest BCUT2D eigenvalue weighted by Crippen LogP contribution is -2.62. The van der Waals surface area contributed by atoms with E-state index in [1.165, 1.54) is 32.1 Å². The Balaban J connectivity index is 1.11. The molecule has 8 N–H and O–H groups in total. The van der Waals surface area contributed by atoms with Crippen LogP contribution in [-0.2, 0) is 0 Å². The molecule has 8 bridgehead atoms. The molecule has 18 heteroatoms.